The topological polar surface area (TPSA) is 71.3 Å². The Morgan fingerprint density at radius 3 is 0.820 bits per heavy atom. The van der Waals surface area contributed by atoms with Crippen molar-refractivity contribution in [3.63, 3.8) is 0 Å². The number of nitrogens with zero attached hydrogens (tertiary/aromatic N) is 8. The number of hydrogen-bond donors (Lipinski definition) is 0. The lowest BCUT2D eigenvalue weighted by molar-refractivity contribution is 0.591. The molecular weight excluding hydrogens is 1220 g/mol. The molecule has 0 aliphatic carbocycles. The van der Waals surface area contributed by atoms with E-state index in [1.807, 2.05) is 0 Å². The Kier molecular flexibility index (Phi) is 14.1. The highest BCUT2D eigenvalue weighted by atomic mass is 15.1. The van der Waals surface area contributed by atoms with Gasteiger partial charge in [-0.1, -0.05) is 241 Å². The number of aryl methyl sites for hydroxylation is 2. The van der Waals surface area contributed by atoms with Crippen molar-refractivity contribution in [2.45, 2.75) is 119 Å². The van der Waals surface area contributed by atoms with Gasteiger partial charge in [0.25, 0.3) is 0 Å². The number of rotatable bonds is 8. The maximum absolute atomic E-state index is 6.06. The molecule has 17 rings (SSSR count). The molecule has 0 saturated carbocycles. The van der Waals surface area contributed by atoms with E-state index >= 15 is 0 Å². The van der Waals surface area contributed by atoms with Gasteiger partial charge in [-0.15, -0.1) is 0 Å². The summed E-state index contributed by atoms with van der Waals surface area (Å²) in [5, 5.41) is 9.19. The molecule has 0 spiro atoms. The second-order valence-corrected chi connectivity index (χ2v) is 31.7. The molecule has 0 bridgehead atoms. The first-order chi connectivity index (χ1) is 48.0. The van der Waals surface area contributed by atoms with E-state index in [9.17, 15) is 0 Å². The molecule has 11 aromatic carbocycles. The van der Waals surface area contributed by atoms with Crippen LogP contribution < -0.4 is 0 Å². The second-order valence-electron chi connectivity index (χ2n) is 31.7. The lowest BCUT2D eigenvalue weighted by Gasteiger charge is -2.31. The number of para-hydroxylation sites is 4. The van der Waals surface area contributed by atoms with Gasteiger partial charge in [0.05, 0.1) is 72.4 Å². The maximum atomic E-state index is 6.06. The van der Waals surface area contributed by atoms with Crippen molar-refractivity contribution in [1.29, 1.82) is 0 Å². The average Bonchev–Trinajstić information content (AvgIpc) is 1.43. The van der Waals surface area contributed by atoms with E-state index in [0.717, 1.165) is 144 Å². The molecule has 0 radical (unpaired) electrons. The first-order valence-electron chi connectivity index (χ1n) is 35.2. The molecule has 0 fully saturated rings. The molecule has 8 heteroatoms. The summed E-state index contributed by atoms with van der Waals surface area (Å²) < 4.78 is 10.4. The number of benzene rings is 11. The molecule has 0 saturated heterocycles. The quantitative estimate of drug-likeness (QED) is 0.152. The van der Waals surface area contributed by atoms with E-state index in [-0.39, 0.29) is 21.7 Å². The van der Waals surface area contributed by atoms with E-state index in [1.54, 1.807) is 0 Å². The Labute approximate surface area is 584 Å². The molecule has 0 atom stereocenters. The normalized spacial score (nSPS) is 12.7. The fraction of sp³-hybridized carbons (Fsp3) is 0.196. The molecule has 17 aromatic rings. The number of aromatic nitrogens is 8. The van der Waals surface area contributed by atoms with E-state index in [4.69, 9.17) is 19.9 Å². The highest BCUT2D eigenvalue weighted by Crippen LogP contribution is 2.55. The van der Waals surface area contributed by atoms with Gasteiger partial charge < -0.3 is 18.3 Å². The Balaban J connectivity index is 1.26. The Morgan fingerprint density at radius 2 is 0.490 bits per heavy atom. The molecule has 6 aromatic heterocycles. The lowest BCUT2D eigenvalue weighted by atomic mass is 9.86. The van der Waals surface area contributed by atoms with Crippen molar-refractivity contribution >= 4 is 87.2 Å². The summed E-state index contributed by atoms with van der Waals surface area (Å²) in [5.41, 5.74) is 22.9. The van der Waals surface area contributed by atoms with Gasteiger partial charge in [0.1, 0.15) is 0 Å². The van der Waals surface area contributed by atoms with E-state index in [1.165, 1.54) is 27.6 Å². The third kappa shape index (κ3) is 9.99. The largest absolute Gasteiger partial charge is 0.308 e. The van der Waals surface area contributed by atoms with Gasteiger partial charge in [-0.25, -0.2) is 15.0 Å². The minimum absolute atomic E-state index is 0.148. The van der Waals surface area contributed by atoms with Gasteiger partial charge in [-0.05, 0) is 148 Å². The molecule has 6 heterocycles. The van der Waals surface area contributed by atoms with Crippen LogP contribution in [-0.4, -0.2) is 38.2 Å². The molecule has 0 N–H and O–H groups in total. The van der Waals surface area contributed by atoms with Crippen molar-refractivity contribution in [2.24, 2.45) is 0 Å². The summed E-state index contributed by atoms with van der Waals surface area (Å²) in [6.45, 7) is 32.1. The van der Waals surface area contributed by atoms with Crippen LogP contribution in [0.5, 0.6) is 0 Å². The third-order valence-corrected chi connectivity index (χ3v) is 20.7. The highest BCUT2D eigenvalue weighted by Gasteiger charge is 2.38. The third-order valence-electron chi connectivity index (χ3n) is 20.7. The van der Waals surface area contributed by atoms with Crippen LogP contribution >= 0.6 is 0 Å². The van der Waals surface area contributed by atoms with Crippen LogP contribution in [0.15, 0.2) is 243 Å². The van der Waals surface area contributed by atoms with Crippen molar-refractivity contribution < 1.29 is 0 Å². The van der Waals surface area contributed by atoms with Gasteiger partial charge in [-0.3, -0.25) is 4.98 Å². The maximum Gasteiger partial charge on any atom is 0.168 e. The predicted molar refractivity (Wildman–Crippen MR) is 421 cm³/mol. The summed E-state index contributed by atoms with van der Waals surface area (Å²) >= 11 is 0. The van der Waals surface area contributed by atoms with Gasteiger partial charge in [0.2, 0.25) is 0 Å². The molecular formula is C92H82N8. The van der Waals surface area contributed by atoms with Gasteiger partial charge in [-0.2, -0.15) is 0 Å². The van der Waals surface area contributed by atoms with Crippen LogP contribution in [0, 0.1) is 13.8 Å². The lowest BCUT2D eigenvalue weighted by Crippen LogP contribution is -2.17. The average molecular weight is 1300 g/mol. The molecule has 0 aliphatic rings. The van der Waals surface area contributed by atoms with Crippen molar-refractivity contribution in [3.05, 3.63) is 276 Å². The zero-order valence-electron chi connectivity index (χ0n) is 59.7. The second kappa shape index (κ2) is 22.7. The smallest absolute Gasteiger partial charge is 0.168 e. The number of hydrogen-bond acceptors (Lipinski definition) is 4. The van der Waals surface area contributed by atoms with Gasteiger partial charge in [0.15, 0.2) is 17.5 Å². The minimum atomic E-state index is -0.162. The Bertz CT molecular complexity index is 6120. The van der Waals surface area contributed by atoms with E-state index in [0.29, 0.717) is 17.5 Å². The molecule has 8 nitrogen and oxygen atoms in total. The van der Waals surface area contributed by atoms with Gasteiger partial charge >= 0.3 is 0 Å². The van der Waals surface area contributed by atoms with E-state index < -0.39 is 0 Å². The Hall–Kier alpha value is -11.2. The zero-order valence-corrected chi connectivity index (χ0v) is 59.7. The fourth-order valence-corrected chi connectivity index (χ4v) is 15.7. The SMILES string of the molecule is Cc1cc(-c2c(-n3c4ccccc4c4cc(C(C)(C)C)ccc43)c(-c3nc(-c4ccccc4)nc(-c4ccccc4)n3)c(-n3c4ccccc4c4cc(C(C)(C)C)ccc43)c(-n3c4ccccc4c4cc(C(C)(C)C)ccc43)c2-n2c3ccccc3c3cc(C(C)(C)C)ccc32)cc(C)n1. The summed E-state index contributed by atoms with van der Waals surface area (Å²) in [7, 11) is 0. The summed E-state index contributed by atoms with van der Waals surface area (Å²) in [5.74, 6) is 1.63. The molecule has 0 amide bonds. The van der Waals surface area contributed by atoms with Crippen molar-refractivity contribution in [3.8, 4) is 68.0 Å². The summed E-state index contributed by atoms with van der Waals surface area (Å²) in [4.78, 5) is 22.9. The minimum Gasteiger partial charge on any atom is -0.308 e. The highest BCUT2D eigenvalue weighted by molar-refractivity contribution is 6.19. The Morgan fingerprint density at radius 1 is 0.220 bits per heavy atom. The van der Waals surface area contributed by atoms with Crippen LogP contribution in [0.3, 0.4) is 0 Å². The fourth-order valence-electron chi connectivity index (χ4n) is 15.7. The predicted octanol–water partition coefficient (Wildman–Crippen LogP) is 24.1. The van der Waals surface area contributed by atoms with Crippen LogP contribution in [0.2, 0.25) is 0 Å². The summed E-state index contributed by atoms with van der Waals surface area (Å²) in [6, 6.07) is 90.5. The van der Waals surface area contributed by atoms with Crippen LogP contribution in [0.4, 0.5) is 0 Å². The zero-order chi connectivity index (χ0) is 69.1. The molecule has 0 unspecified atom stereocenters. The molecule has 490 valence electrons. The number of pyridine rings is 1. The van der Waals surface area contributed by atoms with Crippen molar-refractivity contribution in [2.75, 3.05) is 0 Å². The first kappa shape index (κ1) is 62.3. The van der Waals surface area contributed by atoms with Crippen LogP contribution in [0.1, 0.15) is 117 Å². The van der Waals surface area contributed by atoms with Crippen LogP contribution in [-0.2, 0) is 21.7 Å². The summed E-state index contributed by atoms with van der Waals surface area (Å²) in [6.07, 6.45) is 0. The monoisotopic (exact) mass is 1300 g/mol. The van der Waals surface area contributed by atoms with Crippen LogP contribution in [0.25, 0.3) is 155 Å². The molecule has 0 aliphatic heterocycles. The van der Waals surface area contributed by atoms with E-state index in [2.05, 4.69) is 358 Å². The van der Waals surface area contributed by atoms with Crippen molar-refractivity contribution in [1.82, 2.24) is 38.2 Å². The standard InChI is InChI=1S/C92H82N8/c1-55-49-59(50-56(2)93-55)80-82(97-72-37-25-21-33-64(72)68-51-60(89(3,4)5)41-45-76(68)97)81(88-95-86(57-29-17-15-18-30-57)94-87(96-88)58-31-19-16-20-32-58)84(99-74-39-27-23-35-66(74)70-53-62(91(9,10)11)43-47-78(70)99)85(100-75-40-28-24-36-67(75)71-54-63(92(12,13)14)44-48-79(71)100)83(80)98-73-38-26-22-34-65(73)69-52-61(90(6,7)8)42-46-77(69)98/h15-54H,1-14H3. The first-order valence-corrected chi connectivity index (χ1v) is 35.2. The molecule has 100 heavy (non-hydrogen) atoms. The van der Waals surface area contributed by atoms with Gasteiger partial charge in [0, 0.05) is 71.2 Å². The number of fused-ring (bicyclic) bond motifs is 12.